The zero-order chi connectivity index (χ0) is 22.2. The molecular formula is C24H17Br2NO4. The maximum Gasteiger partial charge on any atom is 0.349 e. The van der Waals surface area contributed by atoms with Crippen molar-refractivity contribution < 1.29 is 19.0 Å². The second-order valence-corrected chi connectivity index (χ2v) is 8.05. The lowest BCUT2D eigenvalue weighted by molar-refractivity contribution is -0.136. The van der Waals surface area contributed by atoms with Gasteiger partial charge in [0.2, 0.25) is 0 Å². The average molecular weight is 543 g/mol. The summed E-state index contributed by atoms with van der Waals surface area (Å²) in [4.78, 5) is 12.2. The number of hydrogen-bond donors (Lipinski definition) is 0. The number of nitrogens with zero attached hydrogens (tertiary/aromatic N) is 1. The molecule has 3 aromatic rings. The van der Waals surface area contributed by atoms with Gasteiger partial charge in [0.1, 0.15) is 5.75 Å². The fourth-order valence-corrected chi connectivity index (χ4v) is 3.87. The van der Waals surface area contributed by atoms with Crippen molar-refractivity contribution in [2.75, 3.05) is 13.7 Å². The fraction of sp³-hybridized carbons (Fsp3) is 0.0833. The maximum absolute atomic E-state index is 12.2. The predicted octanol–water partition coefficient (Wildman–Crippen LogP) is 6.27. The predicted molar refractivity (Wildman–Crippen MR) is 126 cm³/mol. The standard InChI is InChI=1S/C24H17Br2NO4/c1-29-23-12-16(11-18(14-27)17-5-3-2-4-6-17)7-9-22(23)31-24(28)15-30-21-10-8-19(25)13-20(21)26/h2-13H,15H2,1H3. The Kier molecular flexibility index (Phi) is 7.88. The van der Waals surface area contributed by atoms with E-state index >= 15 is 0 Å². The van der Waals surface area contributed by atoms with Gasteiger partial charge in [-0.05, 0) is 63.5 Å². The van der Waals surface area contributed by atoms with Gasteiger partial charge in [0, 0.05) is 4.47 Å². The fourth-order valence-electron chi connectivity index (χ4n) is 2.70. The first kappa shape index (κ1) is 22.6. The second-order valence-electron chi connectivity index (χ2n) is 6.28. The van der Waals surface area contributed by atoms with E-state index in [2.05, 4.69) is 37.9 Å². The monoisotopic (exact) mass is 541 g/mol. The van der Waals surface area contributed by atoms with E-state index in [0.717, 1.165) is 20.1 Å². The summed E-state index contributed by atoms with van der Waals surface area (Å²) < 4.78 is 17.9. The van der Waals surface area contributed by atoms with E-state index in [-0.39, 0.29) is 12.4 Å². The van der Waals surface area contributed by atoms with Gasteiger partial charge in [-0.15, -0.1) is 0 Å². The van der Waals surface area contributed by atoms with Gasteiger partial charge in [0.05, 0.1) is 23.2 Å². The summed E-state index contributed by atoms with van der Waals surface area (Å²) >= 11 is 6.74. The van der Waals surface area contributed by atoms with Gasteiger partial charge in [-0.2, -0.15) is 5.26 Å². The van der Waals surface area contributed by atoms with Crippen LogP contribution in [-0.2, 0) is 4.79 Å². The third-order valence-electron chi connectivity index (χ3n) is 4.17. The highest BCUT2D eigenvalue weighted by molar-refractivity contribution is 9.11. The highest BCUT2D eigenvalue weighted by Gasteiger charge is 2.13. The largest absolute Gasteiger partial charge is 0.493 e. The number of halogens is 2. The van der Waals surface area contributed by atoms with Crippen LogP contribution in [0.15, 0.2) is 75.7 Å². The number of carbonyl (C=O) groups excluding carboxylic acids is 1. The van der Waals surface area contributed by atoms with Crippen LogP contribution in [0.1, 0.15) is 11.1 Å². The number of hydrogen-bond acceptors (Lipinski definition) is 5. The second kappa shape index (κ2) is 10.8. The first-order valence-electron chi connectivity index (χ1n) is 9.14. The molecular weight excluding hydrogens is 526 g/mol. The normalized spacial score (nSPS) is 10.8. The molecule has 0 aliphatic rings. The van der Waals surface area contributed by atoms with Crippen molar-refractivity contribution in [1.29, 1.82) is 5.26 Å². The lowest BCUT2D eigenvalue weighted by Gasteiger charge is -2.11. The van der Waals surface area contributed by atoms with Crippen molar-refractivity contribution in [3.05, 3.63) is 86.8 Å². The molecule has 0 spiro atoms. The molecule has 0 bridgehead atoms. The van der Waals surface area contributed by atoms with Crippen LogP contribution in [0, 0.1) is 11.3 Å². The molecule has 0 aliphatic heterocycles. The Morgan fingerprint density at radius 1 is 1.00 bits per heavy atom. The van der Waals surface area contributed by atoms with E-state index in [4.69, 9.17) is 14.2 Å². The number of esters is 1. The van der Waals surface area contributed by atoms with E-state index in [1.807, 2.05) is 42.5 Å². The summed E-state index contributed by atoms with van der Waals surface area (Å²) in [7, 11) is 1.48. The van der Waals surface area contributed by atoms with Crippen molar-refractivity contribution in [3.8, 4) is 23.3 Å². The lowest BCUT2D eigenvalue weighted by Crippen LogP contribution is -2.18. The van der Waals surface area contributed by atoms with E-state index in [1.54, 1.807) is 30.3 Å². The third-order valence-corrected chi connectivity index (χ3v) is 5.28. The summed E-state index contributed by atoms with van der Waals surface area (Å²) in [5.74, 6) is 0.592. The molecule has 31 heavy (non-hydrogen) atoms. The molecule has 5 nitrogen and oxygen atoms in total. The van der Waals surface area contributed by atoms with Crippen LogP contribution in [0.3, 0.4) is 0 Å². The molecule has 3 aromatic carbocycles. The van der Waals surface area contributed by atoms with Gasteiger partial charge >= 0.3 is 5.97 Å². The molecule has 3 rings (SSSR count). The van der Waals surface area contributed by atoms with Crippen molar-refractivity contribution in [1.82, 2.24) is 0 Å². The van der Waals surface area contributed by atoms with Crippen LogP contribution in [0.5, 0.6) is 17.2 Å². The van der Waals surface area contributed by atoms with Gasteiger partial charge in [0.25, 0.3) is 0 Å². The van der Waals surface area contributed by atoms with Gasteiger partial charge in [0.15, 0.2) is 18.1 Å². The molecule has 0 unspecified atom stereocenters. The molecule has 7 heteroatoms. The van der Waals surface area contributed by atoms with Gasteiger partial charge in [-0.1, -0.05) is 52.3 Å². The van der Waals surface area contributed by atoms with Crippen LogP contribution in [0.2, 0.25) is 0 Å². The Morgan fingerprint density at radius 3 is 2.42 bits per heavy atom. The Hall–Kier alpha value is -3.08. The molecule has 0 heterocycles. The van der Waals surface area contributed by atoms with E-state index in [1.165, 1.54) is 7.11 Å². The minimum Gasteiger partial charge on any atom is -0.493 e. The zero-order valence-electron chi connectivity index (χ0n) is 16.5. The summed E-state index contributed by atoms with van der Waals surface area (Å²) in [6, 6.07) is 22.0. The molecule has 0 amide bonds. The molecule has 0 radical (unpaired) electrons. The van der Waals surface area contributed by atoms with Gasteiger partial charge in [-0.3, -0.25) is 0 Å². The van der Waals surface area contributed by atoms with E-state index < -0.39 is 5.97 Å². The number of ether oxygens (including phenoxy) is 3. The number of methoxy groups -OCH3 is 1. The lowest BCUT2D eigenvalue weighted by atomic mass is 10.0. The van der Waals surface area contributed by atoms with Crippen LogP contribution in [0.25, 0.3) is 11.6 Å². The number of allylic oxidation sites excluding steroid dienone is 1. The highest BCUT2D eigenvalue weighted by Crippen LogP contribution is 2.31. The third kappa shape index (κ3) is 6.20. The highest BCUT2D eigenvalue weighted by atomic mass is 79.9. The molecule has 0 N–H and O–H groups in total. The topological polar surface area (TPSA) is 68.5 Å². The van der Waals surface area contributed by atoms with Gasteiger partial charge < -0.3 is 14.2 Å². The van der Waals surface area contributed by atoms with Crippen molar-refractivity contribution in [2.24, 2.45) is 0 Å². The van der Waals surface area contributed by atoms with Gasteiger partial charge in [-0.25, -0.2) is 4.79 Å². The zero-order valence-corrected chi connectivity index (χ0v) is 19.6. The molecule has 156 valence electrons. The Bertz CT molecular complexity index is 1150. The Balaban J connectivity index is 1.71. The molecule has 0 saturated carbocycles. The Morgan fingerprint density at radius 2 is 1.74 bits per heavy atom. The number of carbonyl (C=O) groups is 1. The number of rotatable bonds is 7. The Labute approximate surface area is 197 Å². The SMILES string of the molecule is COc1cc(C=C(C#N)c2ccccc2)ccc1OC(=O)COc1ccc(Br)cc1Br. The molecule has 0 fully saturated rings. The van der Waals surface area contributed by atoms with Crippen LogP contribution in [-0.4, -0.2) is 19.7 Å². The average Bonchev–Trinajstić information content (AvgIpc) is 2.78. The molecule has 0 aromatic heterocycles. The van der Waals surface area contributed by atoms with E-state index in [0.29, 0.717) is 17.1 Å². The van der Waals surface area contributed by atoms with E-state index in [9.17, 15) is 10.1 Å². The minimum absolute atomic E-state index is 0.265. The molecule has 0 atom stereocenters. The summed E-state index contributed by atoms with van der Waals surface area (Å²) in [6.07, 6.45) is 1.75. The van der Waals surface area contributed by atoms with Crippen molar-refractivity contribution in [3.63, 3.8) is 0 Å². The number of nitriles is 1. The van der Waals surface area contributed by atoms with Crippen LogP contribution in [0.4, 0.5) is 0 Å². The quantitative estimate of drug-likeness (QED) is 0.152. The van der Waals surface area contributed by atoms with Crippen LogP contribution < -0.4 is 14.2 Å². The molecule has 0 aliphatic carbocycles. The first-order chi connectivity index (χ1) is 15.0. The summed E-state index contributed by atoms with van der Waals surface area (Å²) in [5, 5.41) is 9.49. The molecule has 0 saturated heterocycles. The minimum atomic E-state index is -0.571. The maximum atomic E-state index is 12.2. The number of benzene rings is 3. The van der Waals surface area contributed by atoms with Crippen LogP contribution >= 0.6 is 31.9 Å². The van der Waals surface area contributed by atoms with Crippen molar-refractivity contribution >= 4 is 49.5 Å². The first-order valence-corrected chi connectivity index (χ1v) is 10.7. The summed E-state index contributed by atoms with van der Waals surface area (Å²) in [6.45, 7) is -0.266. The van der Waals surface area contributed by atoms with Crippen molar-refractivity contribution in [2.45, 2.75) is 0 Å². The smallest absolute Gasteiger partial charge is 0.349 e. The summed E-state index contributed by atoms with van der Waals surface area (Å²) in [5.41, 5.74) is 2.07.